The molecule has 1 aliphatic heterocycles. The molecule has 100 valence electrons. The normalized spacial score (nSPS) is 20.2. The Morgan fingerprint density at radius 2 is 2.12 bits per heavy atom. The van der Waals surface area contributed by atoms with Crippen LogP contribution in [0.15, 0.2) is 11.6 Å². The first kappa shape index (κ1) is 14.7. The summed E-state index contributed by atoms with van der Waals surface area (Å²) in [4.78, 5) is 2.63. The zero-order chi connectivity index (χ0) is 12.9. The topological polar surface area (TPSA) is 15.3 Å². The lowest BCUT2D eigenvalue weighted by molar-refractivity contribution is 0.184. The van der Waals surface area contributed by atoms with Gasteiger partial charge in [-0.1, -0.05) is 25.0 Å². The molecule has 0 saturated heterocycles. The van der Waals surface area contributed by atoms with Gasteiger partial charge < -0.3 is 5.32 Å². The number of nitrogens with zero attached hydrogens (tertiary/aromatic N) is 1. The monoisotopic (exact) mass is 238 g/mol. The Labute approximate surface area is 107 Å². The molecule has 0 amide bonds. The summed E-state index contributed by atoms with van der Waals surface area (Å²) in [6, 6.07) is 0.698. The third kappa shape index (κ3) is 5.69. The van der Waals surface area contributed by atoms with Crippen molar-refractivity contribution in [1.82, 2.24) is 10.2 Å². The first-order valence-electron chi connectivity index (χ1n) is 7.07. The molecule has 0 aromatic rings. The smallest absolute Gasteiger partial charge is 0.0224 e. The van der Waals surface area contributed by atoms with Crippen molar-refractivity contribution in [3.8, 4) is 0 Å². The van der Waals surface area contributed by atoms with Crippen LogP contribution in [0.4, 0.5) is 0 Å². The van der Waals surface area contributed by atoms with Crippen molar-refractivity contribution in [2.24, 2.45) is 0 Å². The fraction of sp³-hybridized carbons (Fsp3) is 0.867. The first-order chi connectivity index (χ1) is 7.92. The first-order valence-corrected chi connectivity index (χ1v) is 7.07. The largest absolute Gasteiger partial charge is 0.311 e. The molecule has 1 aliphatic rings. The molecule has 0 saturated carbocycles. The van der Waals surface area contributed by atoms with Gasteiger partial charge in [0.15, 0.2) is 0 Å². The van der Waals surface area contributed by atoms with Crippen LogP contribution in [0.5, 0.6) is 0 Å². The van der Waals surface area contributed by atoms with Crippen LogP contribution in [0.2, 0.25) is 0 Å². The molecule has 1 N–H and O–H groups in total. The van der Waals surface area contributed by atoms with Gasteiger partial charge in [-0.2, -0.15) is 0 Å². The molecule has 1 atom stereocenters. The highest BCUT2D eigenvalue weighted by atomic mass is 15.2. The maximum Gasteiger partial charge on any atom is 0.0224 e. The fourth-order valence-electron chi connectivity index (χ4n) is 2.29. The molecule has 0 aromatic heterocycles. The third-order valence-electron chi connectivity index (χ3n) is 3.47. The highest BCUT2D eigenvalue weighted by Crippen LogP contribution is 2.15. The van der Waals surface area contributed by atoms with Crippen LogP contribution in [0.1, 0.15) is 53.9 Å². The van der Waals surface area contributed by atoms with Crippen LogP contribution in [0, 0.1) is 0 Å². The average molecular weight is 238 g/mol. The summed E-state index contributed by atoms with van der Waals surface area (Å²) in [6.45, 7) is 14.8. The zero-order valence-electron chi connectivity index (χ0n) is 12.3. The Kier molecular flexibility index (Phi) is 5.68. The van der Waals surface area contributed by atoms with E-state index in [1.807, 2.05) is 0 Å². The van der Waals surface area contributed by atoms with E-state index in [4.69, 9.17) is 0 Å². The maximum absolute atomic E-state index is 3.65. The molecule has 17 heavy (non-hydrogen) atoms. The van der Waals surface area contributed by atoms with E-state index in [1.165, 1.54) is 25.8 Å². The second-order valence-corrected chi connectivity index (χ2v) is 6.37. The van der Waals surface area contributed by atoms with E-state index >= 15 is 0 Å². The molecule has 2 heteroatoms. The quantitative estimate of drug-likeness (QED) is 0.740. The number of hydrogen-bond acceptors (Lipinski definition) is 2. The molecular formula is C15H30N2. The van der Waals surface area contributed by atoms with E-state index in [9.17, 15) is 0 Å². The van der Waals surface area contributed by atoms with Crippen LogP contribution in [0.25, 0.3) is 0 Å². The molecule has 0 bridgehead atoms. The molecule has 2 nitrogen and oxygen atoms in total. The Morgan fingerprint density at radius 1 is 1.41 bits per heavy atom. The predicted molar refractivity (Wildman–Crippen MR) is 76.4 cm³/mol. The van der Waals surface area contributed by atoms with E-state index in [0.717, 1.165) is 13.1 Å². The van der Waals surface area contributed by atoms with Crippen molar-refractivity contribution in [2.45, 2.75) is 65.5 Å². The van der Waals surface area contributed by atoms with Crippen LogP contribution in [0.3, 0.4) is 0 Å². The Balaban J connectivity index is 2.48. The van der Waals surface area contributed by atoms with Crippen molar-refractivity contribution in [1.29, 1.82) is 0 Å². The number of nitrogens with one attached hydrogen (secondary N) is 1. The molecule has 1 heterocycles. The number of hydrogen-bond donors (Lipinski definition) is 1. The summed E-state index contributed by atoms with van der Waals surface area (Å²) in [5.41, 5.74) is 1.79. The lowest BCUT2D eigenvalue weighted by Crippen LogP contribution is -2.48. The molecule has 0 spiro atoms. The van der Waals surface area contributed by atoms with Gasteiger partial charge in [-0.05, 0) is 40.5 Å². The minimum absolute atomic E-state index is 0.230. The fourth-order valence-corrected chi connectivity index (χ4v) is 2.29. The summed E-state index contributed by atoms with van der Waals surface area (Å²) >= 11 is 0. The third-order valence-corrected chi connectivity index (χ3v) is 3.47. The predicted octanol–water partition coefficient (Wildman–Crippen LogP) is 3.20. The summed E-state index contributed by atoms with van der Waals surface area (Å²) < 4.78 is 0. The van der Waals surface area contributed by atoms with Gasteiger partial charge in [0, 0.05) is 31.2 Å². The molecule has 0 aromatic carbocycles. The lowest BCUT2D eigenvalue weighted by atomic mass is 10.0. The van der Waals surface area contributed by atoms with Gasteiger partial charge in [-0.25, -0.2) is 0 Å². The second kappa shape index (κ2) is 6.55. The Bertz CT molecular complexity index is 250. The van der Waals surface area contributed by atoms with Crippen molar-refractivity contribution in [2.75, 3.05) is 19.6 Å². The standard InChI is InChI=1S/C15H30N2/c1-6-7-14(12-16-15(3,4)5)17-10-8-13(2)9-11-17/h8,14,16H,6-7,9-12H2,1-5H3. The highest BCUT2D eigenvalue weighted by Gasteiger charge is 2.21. The van der Waals surface area contributed by atoms with E-state index < -0.39 is 0 Å². The van der Waals surface area contributed by atoms with Crippen molar-refractivity contribution in [3.63, 3.8) is 0 Å². The molecule has 0 fully saturated rings. The molecule has 1 rings (SSSR count). The van der Waals surface area contributed by atoms with Gasteiger partial charge in [0.05, 0.1) is 0 Å². The van der Waals surface area contributed by atoms with Crippen molar-refractivity contribution in [3.05, 3.63) is 11.6 Å². The molecular weight excluding hydrogens is 208 g/mol. The van der Waals surface area contributed by atoms with Crippen LogP contribution in [-0.4, -0.2) is 36.1 Å². The summed E-state index contributed by atoms with van der Waals surface area (Å²) in [5, 5.41) is 3.65. The lowest BCUT2D eigenvalue weighted by Gasteiger charge is -2.35. The molecule has 0 radical (unpaired) electrons. The maximum atomic E-state index is 3.65. The van der Waals surface area contributed by atoms with Gasteiger partial charge in [0.1, 0.15) is 0 Å². The Morgan fingerprint density at radius 3 is 2.59 bits per heavy atom. The van der Waals surface area contributed by atoms with Crippen molar-refractivity contribution < 1.29 is 0 Å². The van der Waals surface area contributed by atoms with E-state index in [0.29, 0.717) is 6.04 Å². The van der Waals surface area contributed by atoms with Gasteiger partial charge in [0.25, 0.3) is 0 Å². The highest BCUT2D eigenvalue weighted by molar-refractivity contribution is 5.04. The van der Waals surface area contributed by atoms with E-state index in [1.54, 1.807) is 5.57 Å². The summed E-state index contributed by atoms with van der Waals surface area (Å²) in [6.07, 6.45) is 6.21. The Hall–Kier alpha value is -0.340. The van der Waals surface area contributed by atoms with Gasteiger partial charge >= 0.3 is 0 Å². The average Bonchev–Trinajstić information content (AvgIpc) is 2.24. The van der Waals surface area contributed by atoms with Crippen LogP contribution >= 0.6 is 0 Å². The van der Waals surface area contributed by atoms with E-state index in [-0.39, 0.29) is 5.54 Å². The zero-order valence-corrected chi connectivity index (χ0v) is 12.3. The summed E-state index contributed by atoms with van der Waals surface area (Å²) in [7, 11) is 0. The van der Waals surface area contributed by atoms with Gasteiger partial charge in [-0.15, -0.1) is 0 Å². The van der Waals surface area contributed by atoms with Gasteiger partial charge in [-0.3, -0.25) is 4.90 Å². The number of rotatable bonds is 5. The van der Waals surface area contributed by atoms with Crippen molar-refractivity contribution >= 4 is 0 Å². The minimum atomic E-state index is 0.230. The molecule has 0 aliphatic carbocycles. The SMILES string of the molecule is CCCC(CNC(C)(C)C)N1CC=C(C)CC1. The van der Waals surface area contributed by atoms with Gasteiger partial charge in [0.2, 0.25) is 0 Å². The van der Waals surface area contributed by atoms with Crippen LogP contribution in [-0.2, 0) is 0 Å². The van der Waals surface area contributed by atoms with E-state index in [2.05, 4.69) is 50.9 Å². The molecule has 1 unspecified atom stereocenters. The summed E-state index contributed by atoms with van der Waals surface area (Å²) in [5.74, 6) is 0. The second-order valence-electron chi connectivity index (χ2n) is 6.37. The van der Waals surface area contributed by atoms with Crippen LogP contribution < -0.4 is 5.32 Å². The minimum Gasteiger partial charge on any atom is -0.311 e.